The second-order valence-electron chi connectivity index (χ2n) is 3.41. The van der Waals surface area contributed by atoms with Crippen molar-refractivity contribution in [2.24, 2.45) is 7.05 Å². The van der Waals surface area contributed by atoms with Crippen LogP contribution >= 0.6 is 0 Å². The van der Waals surface area contributed by atoms with Crippen molar-refractivity contribution >= 4 is 0 Å². The number of allylic oxidation sites excluding steroid dienone is 1. The molecule has 0 saturated carbocycles. The van der Waals surface area contributed by atoms with Crippen molar-refractivity contribution in [2.75, 3.05) is 0 Å². The van der Waals surface area contributed by atoms with Gasteiger partial charge in [-0.15, -0.1) is 6.58 Å². The Morgan fingerprint density at radius 2 is 2.14 bits per heavy atom. The van der Waals surface area contributed by atoms with Crippen molar-refractivity contribution in [3.63, 3.8) is 0 Å². The Hall–Kier alpha value is -1.58. The molecule has 4 heteroatoms. The van der Waals surface area contributed by atoms with E-state index >= 15 is 0 Å². The lowest BCUT2D eigenvalue weighted by molar-refractivity contribution is 0.589. The number of hydrogen-bond acceptors (Lipinski definition) is 2. The Morgan fingerprint density at radius 3 is 2.71 bits per heavy atom. The highest BCUT2D eigenvalue weighted by molar-refractivity contribution is 4.90. The van der Waals surface area contributed by atoms with E-state index in [0.717, 1.165) is 5.57 Å². The van der Waals surface area contributed by atoms with E-state index < -0.39 is 0 Å². The first-order valence-corrected chi connectivity index (χ1v) is 4.43. The number of rotatable bonds is 3. The second kappa shape index (κ2) is 4.09. The van der Waals surface area contributed by atoms with Gasteiger partial charge in [0.1, 0.15) is 0 Å². The molecule has 0 amide bonds. The molecule has 0 radical (unpaired) electrons. The highest BCUT2D eigenvalue weighted by atomic mass is 16.2. The lowest BCUT2D eigenvalue weighted by atomic mass is 10.2. The molecular formula is C10H14N2O2. The van der Waals surface area contributed by atoms with Crippen LogP contribution in [-0.4, -0.2) is 9.13 Å². The number of aryl methyl sites for hydroxylation is 1. The van der Waals surface area contributed by atoms with Gasteiger partial charge in [-0.2, -0.15) is 0 Å². The molecule has 0 bridgehead atoms. The van der Waals surface area contributed by atoms with E-state index in [1.165, 1.54) is 21.4 Å². The van der Waals surface area contributed by atoms with E-state index in [-0.39, 0.29) is 11.2 Å². The van der Waals surface area contributed by atoms with Crippen LogP contribution in [0.4, 0.5) is 0 Å². The van der Waals surface area contributed by atoms with Crippen LogP contribution in [0.25, 0.3) is 0 Å². The minimum Gasteiger partial charge on any atom is -0.303 e. The van der Waals surface area contributed by atoms with E-state index in [9.17, 15) is 9.59 Å². The molecule has 1 aromatic heterocycles. The third-order valence-electron chi connectivity index (χ3n) is 2.00. The maximum absolute atomic E-state index is 11.5. The normalized spacial score (nSPS) is 10.1. The summed E-state index contributed by atoms with van der Waals surface area (Å²) < 4.78 is 2.61. The molecule has 1 heterocycles. The van der Waals surface area contributed by atoms with Gasteiger partial charge in [0.15, 0.2) is 0 Å². The maximum atomic E-state index is 11.5. The molecule has 76 valence electrons. The van der Waals surface area contributed by atoms with E-state index in [2.05, 4.69) is 6.58 Å². The van der Waals surface area contributed by atoms with Crippen LogP contribution in [-0.2, 0) is 13.6 Å². The van der Waals surface area contributed by atoms with Crippen molar-refractivity contribution in [1.29, 1.82) is 0 Å². The monoisotopic (exact) mass is 194 g/mol. The fourth-order valence-corrected chi connectivity index (χ4v) is 1.12. The van der Waals surface area contributed by atoms with Gasteiger partial charge in [0.05, 0.1) is 0 Å². The summed E-state index contributed by atoms with van der Waals surface area (Å²) in [5, 5.41) is 0. The number of aromatic nitrogens is 2. The molecule has 4 nitrogen and oxygen atoms in total. The zero-order valence-corrected chi connectivity index (χ0v) is 8.49. The van der Waals surface area contributed by atoms with Crippen LogP contribution in [0.3, 0.4) is 0 Å². The van der Waals surface area contributed by atoms with Gasteiger partial charge in [-0.25, -0.2) is 4.79 Å². The van der Waals surface area contributed by atoms with Crippen LogP contribution in [0.2, 0.25) is 0 Å². The largest absolute Gasteiger partial charge is 0.330 e. The van der Waals surface area contributed by atoms with Gasteiger partial charge in [0.25, 0.3) is 5.56 Å². The fraction of sp³-hybridized carbons (Fsp3) is 0.400. The molecular weight excluding hydrogens is 180 g/mol. The molecule has 1 aromatic rings. The summed E-state index contributed by atoms with van der Waals surface area (Å²) in [6, 6.07) is 1.39. The highest BCUT2D eigenvalue weighted by Gasteiger charge is 2.01. The summed E-state index contributed by atoms with van der Waals surface area (Å²) in [6.07, 6.45) is 2.13. The Labute approximate surface area is 82.1 Å². The molecule has 0 atom stereocenters. The van der Waals surface area contributed by atoms with E-state index in [1.54, 1.807) is 7.05 Å². The molecule has 14 heavy (non-hydrogen) atoms. The first-order valence-electron chi connectivity index (χ1n) is 4.43. The molecule has 0 aliphatic rings. The third-order valence-corrected chi connectivity index (χ3v) is 2.00. The summed E-state index contributed by atoms with van der Waals surface area (Å²) in [5.74, 6) is 0. The first kappa shape index (κ1) is 10.5. The summed E-state index contributed by atoms with van der Waals surface area (Å²) >= 11 is 0. The van der Waals surface area contributed by atoms with Gasteiger partial charge < -0.3 is 4.57 Å². The van der Waals surface area contributed by atoms with E-state index in [4.69, 9.17) is 0 Å². The SMILES string of the molecule is C=C(C)CCn1c(=O)ccn(C)c1=O. The summed E-state index contributed by atoms with van der Waals surface area (Å²) in [6.45, 7) is 6.01. The zero-order chi connectivity index (χ0) is 10.7. The molecule has 0 saturated heterocycles. The summed E-state index contributed by atoms with van der Waals surface area (Å²) in [5.41, 5.74) is 0.427. The van der Waals surface area contributed by atoms with Gasteiger partial charge >= 0.3 is 5.69 Å². The predicted molar refractivity (Wildman–Crippen MR) is 55.4 cm³/mol. The third kappa shape index (κ3) is 2.22. The Bertz CT molecular complexity index is 454. The number of nitrogens with zero attached hydrogens (tertiary/aromatic N) is 2. The topological polar surface area (TPSA) is 44.0 Å². The van der Waals surface area contributed by atoms with Crippen LogP contribution in [0.15, 0.2) is 34.0 Å². The fourth-order valence-electron chi connectivity index (χ4n) is 1.12. The first-order chi connectivity index (χ1) is 6.52. The molecule has 0 aliphatic heterocycles. The predicted octanol–water partition coefficient (Wildman–Crippen LogP) is 0.513. The molecule has 0 fully saturated rings. The van der Waals surface area contributed by atoms with Crippen LogP contribution in [0, 0.1) is 0 Å². The van der Waals surface area contributed by atoms with Crippen molar-refractivity contribution in [3.8, 4) is 0 Å². The van der Waals surface area contributed by atoms with Crippen molar-refractivity contribution < 1.29 is 0 Å². The van der Waals surface area contributed by atoms with E-state index in [1.807, 2.05) is 6.92 Å². The highest BCUT2D eigenvalue weighted by Crippen LogP contribution is 1.95. The minimum absolute atomic E-state index is 0.255. The molecule has 0 unspecified atom stereocenters. The van der Waals surface area contributed by atoms with Gasteiger partial charge in [-0.1, -0.05) is 5.57 Å². The molecule has 0 aliphatic carbocycles. The van der Waals surface area contributed by atoms with Gasteiger partial charge in [-0.05, 0) is 13.3 Å². The average Bonchev–Trinajstić information content (AvgIpc) is 2.11. The Balaban J connectivity index is 3.08. The quantitative estimate of drug-likeness (QED) is 0.658. The van der Waals surface area contributed by atoms with Gasteiger partial charge in [-0.3, -0.25) is 9.36 Å². The molecule has 0 spiro atoms. The Morgan fingerprint density at radius 1 is 1.50 bits per heavy atom. The lowest BCUT2D eigenvalue weighted by Crippen LogP contribution is -2.37. The standard InChI is InChI=1S/C10H14N2O2/c1-8(2)4-7-12-9(13)5-6-11(3)10(12)14/h5-6H,1,4,7H2,2-3H3. The smallest absolute Gasteiger partial charge is 0.303 e. The van der Waals surface area contributed by atoms with Crippen molar-refractivity contribution in [1.82, 2.24) is 9.13 Å². The van der Waals surface area contributed by atoms with Gasteiger partial charge in [0.2, 0.25) is 0 Å². The second-order valence-corrected chi connectivity index (χ2v) is 3.41. The van der Waals surface area contributed by atoms with Crippen LogP contribution < -0.4 is 11.2 Å². The molecule has 0 aromatic carbocycles. The Kier molecular flexibility index (Phi) is 3.06. The van der Waals surface area contributed by atoms with Gasteiger partial charge in [0, 0.05) is 25.9 Å². The maximum Gasteiger partial charge on any atom is 0.330 e. The summed E-state index contributed by atoms with van der Waals surface area (Å²) in [4.78, 5) is 22.8. The zero-order valence-electron chi connectivity index (χ0n) is 8.49. The molecule has 0 N–H and O–H groups in total. The van der Waals surface area contributed by atoms with Crippen LogP contribution in [0.1, 0.15) is 13.3 Å². The average molecular weight is 194 g/mol. The van der Waals surface area contributed by atoms with Crippen LogP contribution in [0.5, 0.6) is 0 Å². The summed E-state index contributed by atoms with van der Waals surface area (Å²) in [7, 11) is 1.62. The minimum atomic E-state index is -0.279. The van der Waals surface area contributed by atoms with Crippen molar-refractivity contribution in [2.45, 2.75) is 19.9 Å². The molecule has 1 rings (SSSR count). The van der Waals surface area contributed by atoms with E-state index in [0.29, 0.717) is 13.0 Å². The van der Waals surface area contributed by atoms with Crippen molar-refractivity contribution in [3.05, 3.63) is 45.3 Å². The lowest BCUT2D eigenvalue weighted by Gasteiger charge is -2.05. The number of hydrogen-bond donors (Lipinski definition) is 0.